The second-order valence-electron chi connectivity index (χ2n) is 8.25. The summed E-state index contributed by atoms with van der Waals surface area (Å²) in [4.78, 5) is 14.6. The zero-order chi connectivity index (χ0) is 17.5. The van der Waals surface area contributed by atoms with Gasteiger partial charge in [-0.25, -0.2) is 4.98 Å². The number of aliphatic hydroxyl groups is 1. The van der Waals surface area contributed by atoms with Crippen molar-refractivity contribution >= 4 is 11.8 Å². The second kappa shape index (κ2) is 6.94. The lowest BCUT2D eigenvalue weighted by Gasteiger charge is -2.26. The summed E-state index contributed by atoms with van der Waals surface area (Å²) in [5, 5.41) is 17.7. The van der Waals surface area contributed by atoms with Gasteiger partial charge in [-0.05, 0) is 51.7 Å². The van der Waals surface area contributed by atoms with Crippen LogP contribution in [0, 0.1) is 0 Å². The molecule has 7 heteroatoms. The highest BCUT2D eigenvalue weighted by atomic mass is 16.3. The first-order valence-corrected chi connectivity index (χ1v) is 10.3. The molecule has 0 bridgehead atoms. The lowest BCUT2D eigenvalue weighted by atomic mass is 10.1. The van der Waals surface area contributed by atoms with Crippen molar-refractivity contribution in [3.8, 4) is 0 Å². The van der Waals surface area contributed by atoms with Crippen LogP contribution in [0.2, 0.25) is 0 Å². The zero-order valence-electron chi connectivity index (χ0n) is 15.5. The summed E-state index contributed by atoms with van der Waals surface area (Å²) < 4.78 is 0. The van der Waals surface area contributed by atoms with Crippen LogP contribution in [0.25, 0.3) is 0 Å². The van der Waals surface area contributed by atoms with E-state index in [1.54, 1.807) is 0 Å². The van der Waals surface area contributed by atoms with Crippen molar-refractivity contribution in [2.45, 2.75) is 56.7 Å². The Morgan fingerprint density at radius 3 is 2.65 bits per heavy atom. The third-order valence-electron chi connectivity index (χ3n) is 6.24. The van der Waals surface area contributed by atoms with Gasteiger partial charge in [0, 0.05) is 37.7 Å². The van der Waals surface area contributed by atoms with Crippen LogP contribution in [0.1, 0.15) is 36.9 Å². The van der Waals surface area contributed by atoms with Crippen LogP contribution >= 0.6 is 0 Å². The third kappa shape index (κ3) is 3.28. The van der Waals surface area contributed by atoms with Gasteiger partial charge in [-0.2, -0.15) is 4.98 Å². The number of hydrogen-bond donors (Lipinski definition) is 3. The Morgan fingerprint density at radius 1 is 1.04 bits per heavy atom. The lowest BCUT2D eigenvalue weighted by molar-refractivity contribution is 0.0986. The lowest BCUT2D eigenvalue weighted by Crippen LogP contribution is -2.41. The molecule has 7 nitrogen and oxygen atoms in total. The van der Waals surface area contributed by atoms with Crippen LogP contribution in [0.15, 0.2) is 0 Å². The predicted molar refractivity (Wildman–Crippen MR) is 102 cm³/mol. The molecule has 2 atom stereocenters. The summed E-state index contributed by atoms with van der Waals surface area (Å²) >= 11 is 0. The molecule has 0 unspecified atom stereocenters. The highest BCUT2D eigenvalue weighted by molar-refractivity contribution is 5.55. The Kier molecular flexibility index (Phi) is 4.46. The Balaban J connectivity index is 1.44. The smallest absolute Gasteiger partial charge is 0.225 e. The molecular weight excluding hydrogens is 328 g/mol. The van der Waals surface area contributed by atoms with Crippen LogP contribution in [0.3, 0.4) is 0 Å². The van der Waals surface area contributed by atoms with Crippen molar-refractivity contribution in [3.05, 3.63) is 11.3 Å². The number of rotatable bonds is 4. The number of hydrogen-bond acceptors (Lipinski definition) is 7. The molecule has 142 valence electrons. The molecule has 1 aliphatic carbocycles. The van der Waals surface area contributed by atoms with Gasteiger partial charge < -0.3 is 20.6 Å². The van der Waals surface area contributed by atoms with E-state index in [1.165, 1.54) is 36.9 Å². The van der Waals surface area contributed by atoms with Gasteiger partial charge in [0.1, 0.15) is 5.82 Å². The standard InChI is InChI=1S/C19H30N6O/c26-17-12-25(11-16(17)24-9-1-2-10-24)18-14-5-7-20-8-6-15(14)22-19(23-18)21-13-3-4-13/h13,16-17,20,26H,1-12H2,(H,21,22,23)/t16-,17-/m1/s1. The fourth-order valence-corrected chi connectivity index (χ4v) is 4.64. The summed E-state index contributed by atoms with van der Waals surface area (Å²) in [6.45, 7) is 5.75. The quantitative estimate of drug-likeness (QED) is 0.718. The molecule has 0 spiro atoms. The first kappa shape index (κ1) is 16.7. The fraction of sp³-hybridized carbons (Fsp3) is 0.789. The second-order valence-corrected chi connectivity index (χ2v) is 8.25. The van der Waals surface area contributed by atoms with Gasteiger partial charge >= 0.3 is 0 Å². The summed E-state index contributed by atoms with van der Waals surface area (Å²) in [6.07, 6.45) is 6.59. The third-order valence-corrected chi connectivity index (χ3v) is 6.24. The minimum Gasteiger partial charge on any atom is -0.390 e. The van der Waals surface area contributed by atoms with Gasteiger partial charge in [-0.1, -0.05) is 0 Å². The maximum Gasteiger partial charge on any atom is 0.225 e. The Bertz CT molecular complexity index is 658. The minimum atomic E-state index is -0.289. The highest BCUT2D eigenvalue weighted by Crippen LogP contribution is 2.31. The Morgan fingerprint density at radius 2 is 1.85 bits per heavy atom. The molecule has 4 aliphatic rings. The number of nitrogens with one attached hydrogen (secondary N) is 2. The van der Waals surface area contributed by atoms with E-state index >= 15 is 0 Å². The number of fused-ring (bicyclic) bond motifs is 1. The van der Waals surface area contributed by atoms with E-state index in [9.17, 15) is 5.11 Å². The fourth-order valence-electron chi connectivity index (χ4n) is 4.64. The van der Waals surface area contributed by atoms with E-state index in [2.05, 4.69) is 20.4 Å². The SMILES string of the molecule is O[C@@H]1CN(c2nc(NC3CC3)nc3c2CCNCC3)C[C@H]1N1CCCC1. The van der Waals surface area contributed by atoms with Gasteiger partial charge in [0.15, 0.2) is 0 Å². The summed E-state index contributed by atoms with van der Waals surface area (Å²) in [6, 6.07) is 0.790. The van der Waals surface area contributed by atoms with Gasteiger partial charge in [0.2, 0.25) is 5.95 Å². The summed E-state index contributed by atoms with van der Waals surface area (Å²) in [5.74, 6) is 1.84. The monoisotopic (exact) mass is 358 g/mol. The van der Waals surface area contributed by atoms with E-state index in [1.807, 2.05) is 0 Å². The molecule has 1 aromatic heterocycles. The number of β-amino-alcohol motifs (C(OH)–C–C–N with tert-alkyl or cyclic N) is 1. The van der Waals surface area contributed by atoms with Crippen molar-refractivity contribution < 1.29 is 5.11 Å². The first-order chi connectivity index (χ1) is 12.8. The summed E-state index contributed by atoms with van der Waals surface area (Å²) in [7, 11) is 0. The largest absolute Gasteiger partial charge is 0.390 e. The van der Waals surface area contributed by atoms with Crippen LogP contribution < -0.4 is 15.5 Å². The summed E-state index contributed by atoms with van der Waals surface area (Å²) in [5.41, 5.74) is 2.47. The molecular formula is C19H30N6O. The van der Waals surface area contributed by atoms with Crippen molar-refractivity contribution in [1.29, 1.82) is 0 Å². The average Bonchev–Trinajstić information content (AvgIpc) is 3.21. The van der Waals surface area contributed by atoms with E-state index in [0.717, 1.165) is 57.3 Å². The molecule has 4 heterocycles. The molecule has 2 saturated heterocycles. The number of likely N-dealkylation sites (tertiary alicyclic amines) is 1. The van der Waals surface area contributed by atoms with Gasteiger partial charge in [-0.15, -0.1) is 0 Å². The molecule has 3 aliphatic heterocycles. The van der Waals surface area contributed by atoms with Gasteiger partial charge in [0.25, 0.3) is 0 Å². The maximum absolute atomic E-state index is 10.7. The normalized spacial score (nSPS) is 29.7. The topological polar surface area (TPSA) is 76.5 Å². The van der Waals surface area contributed by atoms with Crippen LogP contribution in [-0.2, 0) is 12.8 Å². The molecule has 1 aromatic rings. The zero-order valence-corrected chi connectivity index (χ0v) is 15.5. The highest BCUT2D eigenvalue weighted by Gasteiger charge is 2.38. The van der Waals surface area contributed by atoms with Crippen molar-refractivity contribution in [1.82, 2.24) is 20.2 Å². The molecule has 0 amide bonds. The maximum atomic E-state index is 10.7. The number of nitrogens with zero attached hydrogens (tertiary/aromatic N) is 4. The van der Waals surface area contributed by atoms with E-state index < -0.39 is 0 Å². The number of anilines is 2. The molecule has 3 fully saturated rings. The Hall–Kier alpha value is -1.44. The van der Waals surface area contributed by atoms with E-state index in [4.69, 9.17) is 9.97 Å². The van der Waals surface area contributed by atoms with Crippen molar-refractivity contribution in [2.75, 3.05) is 49.5 Å². The number of aliphatic hydroxyl groups excluding tert-OH is 1. The molecule has 0 aromatic carbocycles. The predicted octanol–water partition coefficient (Wildman–Crippen LogP) is 0.384. The van der Waals surface area contributed by atoms with E-state index in [0.29, 0.717) is 12.6 Å². The number of aromatic nitrogens is 2. The van der Waals surface area contributed by atoms with Crippen molar-refractivity contribution in [2.24, 2.45) is 0 Å². The van der Waals surface area contributed by atoms with Gasteiger partial charge in [-0.3, -0.25) is 4.90 Å². The van der Waals surface area contributed by atoms with Crippen LogP contribution in [-0.4, -0.2) is 77.4 Å². The van der Waals surface area contributed by atoms with Crippen molar-refractivity contribution in [3.63, 3.8) is 0 Å². The molecule has 5 rings (SSSR count). The Labute approximate surface area is 155 Å². The average molecular weight is 358 g/mol. The van der Waals surface area contributed by atoms with Crippen LogP contribution in [0.5, 0.6) is 0 Å². The molecule has 26 heavy (non-hydrogen) atoms. The first-order valence-electron chi connectivity index (χ1n) is 10.3. The molecule has 3 N–H and O–H groups in total. The van der Waals surface area contributed by atoms with Crippen LogP contribution in [0.4, 0.5) is 11.8 Å². The molecule has 0 radical (unpaired) electrons. The minimum absolute atomic E-state index is 0.242. The van der Waals surface area contributed by atoms with E-state index in [-0.39, 0.29) is 12.1 Å². The van der Waals surface area contributed by atoms with Gasteiger partial charge in [0.05, 0.1) is 17.8 Å². The molecule has 1 saturated carbocycles.